The summed E-state index contributed by atoms with van der Waals surface area (Å²) in [6.07, 6.45) is 1.51. The lowest BCUT2D eigenvalue weighted by Crippen LogP contribution is -1.98. The molecule has 5 heteroatoms. The van der Waals surface area contributed by atoms with E-state index in [1.165, 1.54) is 18.3 Å². The molecule has 0 bridgehead atoms. The molecule has 0 aliphatic rings. The lowest BCUT2D eigenvalue weighted by atomic mass is 10.3. The van der Waals surface area contributed by atoms with Crippen molar-refractivity contribution in [2.45, 2.75) is 6.92 Å². The smallest absolute Gasteiger partial charge is 0.167 e. The molecule has 2 aromatic rings. The molecule has 1 aromatic carbocycles. The van der Waals surface area contributed by atoms with E-state index in [1.807, 2.05) is 6.92 Å². The van der Waals surface area contributed by atoms with Gasteiger partial charge in [-0.25, -0.2) is 9.37 Å². The molecule has 0 unspecified atom stereocenters. The molecule has 0 fully saturated rings. The Morgan fingerprint density at radius 2 is 2.17 bits per heavy atom. The summed E-state index contributed by atoms with van der Waals surface area (Å²) >= 11 is 0. The standard InChI is InChI=1S/C13H14FN3O/c1-2-16-9-3-4-12(11(14)7-9)18-10-5-6-17-13(15)8-10/h3-8,16H,2H2,1H3,(H2,15,17). The highest BCUT2D eigenvalue weighted by Crippen LogP contribution is 2.26. The van der Waals surface area contributed by atoms with Gasteiger partial charge in [0.05, 0.1) is 0 Å². The van der Waals surface area contributed by atoms with Crippen molar-refractivity contribution < 1.29 is 9.13 Å². The van der Waals surface area contributed by atoms with Gasteiger partial charge in [0.2, 0.25) is 0 Å². The third-order valence-electron chi connectivity index (χ3n) is 2.29. The Balaban J connectivity index is 2.19. The van der Waals surface area contributed by atoms with Crippen LogP contribution >= 0.6 is 0 Å². The number of anilines is 2. The summed E-state index contributed by atoms with van der Waals surface area (Å²) in [5, 5.41) is 3.02. The minimum absolute atomic E-state index is 0.155. The van der Waals surface area contributed by atoms with E-state index in [0.29, 0.717) is 11.6 Å². The molecule has 0 atom stereocenters. The summed E-state index contributed by atoms with van der Waals surface area (Å²) in [6.45, 7) is 2.68. The Hall–Kier alpha value is -2.30. The van der Waals surface area contributed by atoms with Crippen molar-refractivity contribution in [3.05, 3.63) is 42.3 Å². The predicted octanol–water partition coefficient (Wildman–Crippen LogP) is 3.03. The molecule has 1 heterocycles. The topological polar surface area (TPSA) is 60.2 Å². The molecule has 3 N–H and O–H groups in total. The van der Waals surface area contributed by atoms with Crippen LogP contribution in [-0.2, 0) is 0 Å². The number of ether oxygens (including phenoxy) is 1. The van der Waals surface area contributed by atoms with Crippen LogP contribution in [0.3, 0.4) is 0 Å². The van der Waals surface area contributed by atoms with Crippen LogP contribution in [0.5, 0.6) is 11.5 Å². The quantitative estimate of drug-likeness (QED) is 0.871. The largest absolute Gasteiger partial charge is 0.454 e. The third-order valence-corrected chi connectivity index (χ3v) is 2.29. The van der Waals surface area contributed by atoms with Crippen LogP contribution in [0.1, 0.15) is 6.92 Å². The van der Waals surface area contributed by atoms with E-state index in [4.69, 9.17) is 10.5 Å². The average molecular weight is 247 g/mol. The van der Waals surface area contributed by atoms with Crippen molar-refractivity contribution in [2.75, 3.05) is 17.6 Å². The molecule has 18 heavy (non-hydrogen) atoms. The van der Waals surface area contributed by atoms with E-state index >= 15 is 0 Å². The fourth-order valence-electron chi connectivity index (χ4n) is 1.52. The van der Waals surface area contributed by atoms with Gasteiger partial charge in [0, 0.05) is 30.6 Å². The minimum Gasteiger partial charge on any atom is -0.454 e. The maximum atomic E-state index is 13.7. The number of nitrogens with zero attached hydrogens (tertiary/aromatic N) is 1. The molecule has 1 aromatic heterocycles. The van der Waals surface area contributed by atoms with E-state index in [-0.39, 0.29) is 5.75 Å². The molecule has 0 aliphatic heterocycles. The molecule has 0 saturated carbocycles. The number of hydrogen-bond acceptors (Lipinski definition) is 4. The van der Waals surface area contributed by atoms with Crippen molar-refractivity contribution in [3.8, 4) is 11.5 Å². The normalized spacial score (nSPS) is 10.1. The Kier molecular flexibility index (Phi) is 3.62. The summed E-state index contributed by atoms with van der Waals surface area (Å²) in [5.41, 5.74) is 6.24. The van der Waals surface area contributed by atoms with Crippen molar-refractivity contribution >= 4 is 11.5 Å². The van der Waals surface area contributed by atoms with Gasteiger partial charge in [0.1, 0.15) is 11.6 Å². The van der Waals surface area contributed by atoms with Gasteiger partial charge in [-0.1, -0.05) is 0 Å². The Labute approximate surface area is 105 Å². The van der Waals surface area contributed by atoms with E-state index in [2.05, 4.69) is 10.3 Å². The number of nitrogen functional groups attached to an aromatic ring is 1. The Morgan fingerprint density at radius 1 is 1.33 bits per heavy atom. The van der Waals surface area contributed by atoms with E-state index in [0.717, 1.165) is 12.2 Å². The van der Waals surface area contributed by atoms with Crippen molar-refractivity contribution in [3.63, 3.8) is 0 Å². The fraction of sp³-hybridized carbons (Fsp3) is 0.154. The first-order chi connectivity index (χ1) is 8.69. The Bertz CT molecular complexity index is 546. The van der Waals surface area contributed by atoms with Crippen LogP contribution in [0.4, 0.5) is 15.9 Å². The van der Waals surface area contributed by atoms with E-state index in [9.17, 15) is 4.39 Å². The van der Waals surface area contributed by atoms with Crippen LogP contribution in [0.15, 0.2) is 36.5 Å². The number of halogens is 1. The van der Waals surface area contributed by atoms with Crippen molar-refractivity contribution in [1.29, 1.82) is 0 Å². The summed E-state index contributed by atoms with van der Waals surface area (Å²) in [6, 6.07) is 7.88. The van der Waals surface area contributed by atoms with Gasteiger partial charge < -0.3 is 15.8 Å². The highest BCUT2D eigenvalue weighted by molar-refractivity contribution is 5.48. The summed E-state index contributed by atoms with van der Waals surface area (Å²) < 4.78 is 19.1. The van der Waals surface area contributed by atoms with Crippen molar-refractivity contribution in [2.24, 2.45) is 0 Å². The maximum absolute atomic E-state index is 13.7. The first-order valence-electron chi connectivity index (χ1n) is 5.62. The second-order valence-electron chi connectivity index (χ2n) is 3.69. The second-order valence-corrected chi connectivity index (χ2v) is 3.69. The molecule has 4 nitrogen and oxygen atoms in total. The molecule has 0 amide bonds. The number of hydrogen-bond donors (Lipinski definition) is 2. The molecule has 0 spiro atoms. The Morgan fingerprint density at radius 3 is 2.83 bits per heavy atom. The summed E-state index contributed by atoms with van der Waals surface area (Å²) in [4.78, 5) is 3.84. The zero-order valence-electron chi connectivity index (χ0n) is 9.98. The first-order valence-corrected chi connectivity index (χ1v) is 5.62. The minimum atomic E-state index is -0.427. The lowest BCUT2D eigenvalue weighted by molar-refractivity contribution is 0.442. The molecular formula is C13H14FN3O. The van der Waals surface area contributed by atoms with Crippen LogP contribution in [0, 0.1) is 5.82 Å². The van der Waals surface area contributed by atoms with E-state index in [1.54, 1.807) is 18.2 Å². The molecule has 0 saturated heterocycles. The highest BCUT2D eigenvalue weighted by Gasteiger charge is 2.06. The summed E-state index contributed by atoms with van der Waals surface area (Å²) in [5.74, 6) is 0.515. The third kappa shape index (κ3) is 2.88. The zero-order valence-corrected chi connectivity index (χ0v) is 9.98. The molecule has 94 valence electrons. The van der Waals surface area contributed by atoms with Gasteiger partial charge in [-0.05, 0) is 25.1 Å². The molecule has 2 rings (SSSR count). The van der Waals surface area contributed by atoms with Gasteiger partial charge in [0.15, 0.2) is 11.6 Å². The van der Waals surface area contributed by atoms with Crippen LogP contribution in [-0.4, -0.2) is 11.5 Å². The van der Waals surface area contributed by atoms with Gasteiger partial charge in [-0.3, -0.25) is 0 Å². The predicted molar refractivity (Wildman–Crippen MR) is 69.3 cm³/mol. The number of nitrogens with two attached hydrogens (primary N) is 1. The van der Waals surface area contributed by atoms with Crippen molar-refractivity contribution in [1.82, 2.24) is 4.98 Å². The lowest BCUT2D eigenvalue weighted by Gasteiger charge is -2.09. The van der Waals surface area contributed by atoms with Crippen LogP contribution in [0.25, 0.3) is 0 Å². The first kappa shape index (κ1) is 12.2. The monoisotopic (exact) mass is 247 g/mol. The highest BCUT2D eigenvalue weighted by atomic mass is 19.1. The number of nitrogens with one attached hydrogen (secondary N) is 1. The second kappa shape index (κ2) is 5.35. The zero-order chi connectivity index (χ0) is 13.0. The molecule has 0 aliphatic carbocycles. The number of rotatable bonds is 4. The number of aromatic nitrogens is 1. The van der Waals surface area contributed by atoms with Gasteiger partial charge in [-0.15, -0.1) is 0 Å². The van der Waals surface area contributed by atoms with Crippen LogP contribution in [0.2, 0.25) is 0 Å². The van der Waals surface area contributed by atoms with Crippen LogP contribution < -0.4 is 15.8 Å². The maximum Gasteiger partial charge on any atom is 0.167 e. The number of pyridine rings is 1. The van der Waals surface area contributed by atoms with Gasteiger partial charge >= 0.3 is 0 Å². The average Bonchev–Trinajstić information content (AvgIpc) is 2.33. The van der Waals surface area contributed by atoms with Gasteiger partial charge in [0.25, 0.3) is 0 Å². The SMILES string of the molecule is CCNc1ccc(Oc2ccnc(N)c2)c(F)c1. The molecule has 0 radical (unpaired) electrons. The summed E-state index contributed by atoms with van der Waals surface area (Å²) in [7, 11) is 0. The fourth-order valence-corrected chi connectivity index (χ4v) is 1.52. The van der Waals surface area contributed by atoms with Gasteiger partial charge in [-0.2, -0.15) is 0 Å². The molecular weight excluding hydrogens is 233 g/mol. The number of benzene rings is 1. The van der Waals surface area contributed by atoms with E-state index < -0.39 is 5.82 Å².